The number of nitrogens with zero attached hydrogens (tertiary/aromatic N) is 3. The molecule has 3 aromatic rings. The maximum absolute atomic E-state index is 9.63. The topological polar surface area (TPSA) is 112 Å². The number of methoxy groups -OCH3 is 1. The third-order valence-corrected chi connectivity index (χ3v) is 3.77. The number of rotatable bonds is 4. The van der Waals surface area contributed by atoms with Crippen molar-refractivity contribution in [3.63, 3.8) is 0 Å². The lowest BCUT2D eigenvalue weighted by atomic mass is 10.1. The zero-order valence-electron chi connectivity index (χ0n) is 12.6. The van der Waals surface area contributed by atoms with Crippen LogP contribution in [-0.4, -0.2) is 32.5 Å². The molecule has 0 saturated carbocycles. The molecule has 116 valence electrons. The molecule has 2 aromatic heterocycles. The Hall–Kier alpha value is -2.22. The number of benzene rings is 1. The van der Waals surface area contributed by atoms with E-state index in [1.54, 1.807) is 14.0 Å². The molecule has 0 bridgehead atoms. The van der Waals surface area contributed by atoms with Gasteiger partial charge >= 0.3 is 0 Å². The number of ether oxygens (including phenoxy) is 1. The van der Waals surface area contributed by atoms with Crippen LogP contribution < -0.4 is 11.5 Å². The molecule has 1 unspecified atom stereocenters. The average Bonchev–Trinajstić information content (AvgIpc) is 2.86. The maximum Gasteiger partial charge on any atom is 0.152 e. The van der Waals surface area contributed by atoms with E-state index in [0.717, 1.165) is 16.4 Å². The van der Waals surface area contributed by atoms with Crippen molar-refractivity contribution in [2.45, 2.75) is 25.8 Å². The van der Waals surface area contributed by atoms with Crippen molar-refractivity contribution in [3.8, 4) is 0 Å². The molecule has 2 heterocycles. The van der Waals surface area contributed by atoms with E-state index >= 15 is 0 Å². The number of anilines is 1. The molecule has 0 aliphatic heterocycles. The van der Waals surface area contributed by atoms with Gasteiger partial charge in [-0.25, -0.2) is 9.97 Å². The fourth-order valence-electron chi connectivity index (χ4n) is 2.57. The Balaban J connectivity index is 2.38. The first-order chi connectivity index (χ1) is 10.5. The van der Waals surface area contributed by atoms with E-state index < -0.39 is 5.72 Å². The van der Waals surface area contributed by atoms with Gasteiger partial charge in [-0.05, 0) is 13.0 Å². The molecule has 5 N–H and O–H groups in total. The zero-order valence-corrected chi connectivity index (χ0v) is 12.6. The molecule has 0 aliphatic rings. The van der Waals surface area contributed by atoms with Crippen LogP contribution in [0.25, 0.3) is 21.9 Å². The van der Waals surface area contributed by atoms with E-state index in [1.807, 2.05) is 28.8 Å². The highest BCUT2D eigenvalue weighted by Gasteiger charge is 2.24. The molecule has 0 aliphatic carbocycles. The Labute approximate surface area is 127 Å². The van der Waals surface area contributed by atoms with E-state index in [2.05, 4.69) is 9.97 Å². The maximum atomic E-state index is 9.63. The number of pyridine rings is 1. The highest BCUT2D eigenvalue weighted by Crippen LogP contribution is 2.29. The highest BCUT2D eigenvalue weighted by molar-refractivity contribution is 6.06. The first-order valence-corrected chi connectivity index (χ1v) is 6.95. The van der Waals surface area contributed by atoms with Gasteiger partial charge in [0.25, 0.3) is 0 Å². The fraction of sp³-hybridized carbons (Fsp3) is 0.333. The van der Waals surface area contributed by atoms with Gasteiger partial charge in [0.2, 0.25) is 0 Å². The molecule has 3 rings (SSSR count). The van der Waals surface area contributed by atoms with Crippen LogP contribution in [0.15, 0.2) is 24.3 Å². The number of imidazole rings is 1. The Morgan fingerprint density at radius 1 is 1.32 bits per heavy atom. The first-order valence-electron chi connectivity index (χ1n) is 6.95. The van der Waals surface area contributed by atoms with Crippen LogP contribution in [0.1, 0.15) is 12.7 Å². The third-order valence-electron chi connectivity index (χ3n) is 3.77. The molecule has 0 amide bonds. The number of nitrogens with two attached hydrogens (primary N) is 2. The van der Waals surface area contributed by atoms with Gasteiger partial charge in [-0.15, -0.1) is 0 Å². The molecule has 7 heteroatoms. The molecule has 1 aromatic carbocycles. The lowest BCUT2D eigenvalue weighted by Crippen LogP contribution is -2.42. The van der Waals surface area contributed by atoms with Crippen molar-refractivity contribution in [3.05, 3.63) is 30.1 Å². The summed E-state index contributed by atoms with van der Waals surface area (Å²) in [6.07, 6.45) is 0. The van der Waals surface area contributed by atoms with Gasteiger partial charge in [0.1, 0.15) is 23.7 Å². The van der Waals surface area contributed by atoms with Crippen LogP contribution in [-0.2, 0) is 17.9 Å². The van der Waals surface area contributed by atoms with Gasteiger partial charge in [-0.1, -0.05) is 18.2 Å². The van der Waals surface area contributed by atoms with E-state index in [9.17, 15) is 5.11 Å². The number of aliphatic hydroxyl groups excluding tert-OH is 1. The zero-order chi connectivity index (χ0) is 15.9. The normalized spacial score (nSPS) is 14.5. The second-order valence-electron chi connectivity index (χ2n) is 5.50. The molecule has 0 radical (unpaired) electrons. The van der Waals surface area contributed by atoms with Crippen molar-refractivity contribution in [1.29, 1.82) is 0 Å². The van der Waals surface area contributed by atoms with Crippen molar-refractivity contribution in [2.24, 2.45) is 5.73 Å². The lowest BCUT2D eigenvalue weighted by Gasteiger charge is -2.24. The summed E-state index contributed by atoms with van der Waals surface area (Å²) >= 11 is 0. The Bertz CT molecular complexity index is 841. The summed E-state index contributed by atoms with van der Waals surface area (Å²) in [5.41, 5.74) is 13.4. The Morgan fingerprint density at radius 3 is 2.73 bits per heavy atom. The van der Waals surface area contributed by atoms with Gasteiger partial charge < -0.3 is 25.9 Å². The van der Waals surface area contributed by atoms with Crippen molar-refractivity contribution in [1.82, 2.24) is 14.5 Å². The van der Waals surface area contributed by atoms with E-state index in [0.29, 0.717) is 23.7 Å². The van der Waals surface area contributed by atoms with Gasteiger partial charge in [-0.2, -0.15) is 0 Å². The summed E-state index contributed by atoms with van der Waals surface area (Å²) in [6.45, 7) is 1.89. The quantitative estimate of drug-likeness (QED) is 0.619. The minimum atomic E-state index is -0.892. The first kappa shape index (κ1) is 14.7. The largest absolute Gasteiger partial charge is 0.388 e. The Morgan fingerprint density at radius 2 is 2.05 bits per heavy atom. The van der Waals surface area contributed by atoms with E-state index in [4.69, 9.17) is 16.2 Å². The van der Waals surface area contributed by atoms with E-state index in [1.165, 1.54) is 0 Å². The van der Waals surface area contributed by atoms with Crippen molar-refractivity contribution in [2.75, 3.05) is 12.8 Å². The summed E-state index contributed by atoms with van der Waals surface area (Å²) in [5.74, 6) is 0.812. The lowest BCUT2D eigenvalue weighted by molar-refractivity contribution is -0.00305. The van der Waals surface area contributed by atoms with Crippen LogP contribution >= 0.6 is 0 Å². The second kappa shape index (κ2) is 5.20. The van der Waals surface area contributed by atoms with Crippen molar-refractivity contribution < 1.29 is 9.84 Å². The van der Waals surface area contributed by atoms with Crippen LogP contribution in [0.3, 0.4) is 0 Å². The summed E-state index contributed by atoms with van der Waals surface area (Å²) < 4.78 is 7.15. The number of para-hydroxylation sites is 1. The Kier molecular flexibility index (Phi) is 3.48. The molecular weight excluding hydrogens is 282 g/mol. The van der Waals surface area contributed by atoms with Gasteiger partial charge in [0, 0.05) is 12.5 Å². The number of aromatic nitrogens is 3. The summed E-state index contributed by atoms with van der Waals surface area (Å²) in [5, 5.41) is 10.5. The predicted octanol–water partition coefficient (Wildman–Crippen LogP) is 0.980. The van der Waals surface area contributed by atoms with Gasteiger partial charge in [0.05, 0.1) is 17.6 Å². The van der Waals surface area contributed by atoms with E-state index in [-0.39, 0.29) is 6.61 Å². The SMILES string of the molecule is COC(C)(N)Cn1c(CO)nc2c(N)nc3ccccc3c21. The average molecular weight is 301 g/mol. The van der Waals surface area contributed by atoms with Crippen LogP contribution in [0.4, 0.5) is 5.82 Å². The number of hydrogen-bond donors (Lipinski definition) is 3. The summed E-state index contributed by atoms with van der Waals surface area (Å²) in [6, 6.07) is 7.66. The number of aliphatic hydroxyl groups is 1. The number of hydrogen-bond acceptors (Lipinski definition) is 6. The van der Waals surface area contributed by atoms with Crippen LogP contribution in [0.2, 0.25) is 0 Å². The summed E-state index contributed by atoms with van der Waals surface area (Å²) in [7, 11) is 1.55. The van der Waals surface area contributed by atoms with Crippen LogP contribution in [0.5, 0.6) is 0 Å². The molecule has 0 spiro atoms. The number of nitrogen functional groups attached to an aromatic ring is 1. The third kappa shape index (κ3) is 2.29. The monoisotopic (exact) mass is 301 g/mol. The second-order valence-corrected chi connectivity index (χ2v) is 5.50. The molecule has 1 atom stereocenters. The molecule has 22 heavy (non-hydrogen) atoms. The molecule has 0 saturated heterocycles. The highest BCUT2D eigenvalue weighted by atomic mass is 16.5. The van der Waals surface area contributed by atoms with Crippen molar-refractivity contribution >= 4 is 27.8 Å². The van der Waals surface area contributed by atoms with Crippen LogP contribution in [0, 0.1) is 0 Å². The number of fused-ring (bicyclic) bond motifs is 3. The van der Waals surface area contributed by atoms with Gasteiger partial charge in [0.15, 0.2) is 5.82 Å². The smallest absolute Gasteiger partial charge is 0.152 e. The molecule has 0 fully saturated rings. The fourth-order valence-corrected chi connectivity index (χ4v) is 2.57. The molecule has 7 nitrogen and oxygen atoms in total. The minimum absolute atomic E-state index is 0.220. The standard InChI is InChI=1S/C15H19N5O2/c1-15(17,22-2)8-20-11(7-21)19-12-13(20)9-5-3-4-6-10(9)18-14(12)16/h3-6,21H,7-8,17H2,1-2H3,(H2,16,18). The van der Waals surface area contributed by atoms with Gasteiger partial charge in [-0.3, -0.25) is 0 Å². The predicted molar refractivity (Wildman–Crippen MR) is 85.0 cm³/mol. The minimum Gasteiger partial charge on any atom is -0.388 e. The molecular formula is C15H19N5O2. The summed E-state index contributed by atoms with van der Waals surface area (Å²) in [4.78, 5) is 8.78.